The highest BCUT2D eigenvalue weighted by Crippen LogP contribution is 2.19. The number of halogens is 1. The van der Waals surface area contributed by atoms with Gasteiger partial charge in [0.15, 0.2) is 5.78 Å². The SMILES string of the molecule is Cc1ccc(Br)cc1C(=O)c1ccc(CCN)cc1. The Labute approximate surface area is 121 Å². The lowest BCUT2D eigenvalue weighted by Gasteiger charge is -2.06. The van der Waals surface area contributed by atoms with Crippen LogP contribution >= 0.6 is 15.9 Å². The van der Waals surface area contributed by atoms with Gasteiger partial charge >= 0.3 is 0 Å². The molecule has 0 aliphatic heterocycles. The van der Waals surface area contributed by atoms with Gasteiger partial charge in [-0.15, -0.1) is 0 Å². The molecule has 0 fully saturated rings. The molecule has 0 heterocycles. The van der Waals surface area contributed by atoms with Gasteiger partial charge in [-0.3, -0.25) is 4.79 Å². The number of carbonyl (C=O) groups excluding carboxylic acids is 1. The van der Waals surface area contributed by atoms with E-state index in [0.717, 1.165) is 27.6 Å². The molecule has 0 aliphatic rings. The molecule has 2 nitrogen and oxygen atoms in total. The van der Waals surface area contributed by atoms with E-state index in [4.69, 9.17) is 5.73 Å². The molecule has 0 aliphatic carbocycles. The van der Waals surface area contributed by atoms with Crippen molar-refractivity contribution in [2.45, 2.75) is 13.3 Å². The minimum atomic E-state index is 0.0538. The van der Waals surface area contributed by atoms with Crippen LogP contribution in [0.2, 0.25) is 0 Å². The number of hydrogen-bond acceptors (Lipinski definition) is 2. The van der Waals surface area contributed by atoms with Gasteiger partial charge in [0, 0.05) is 15.6 Å². The van der Waals surface area contributed by atoms with Crippen molar-refractivity contribution in [1.29, 1.82) is 0 Å². The predicted octanol–water partition coefficient (Wildman–Crippen LogP) is 3.49. The molecular weight excluding hydrogens is 302 g/mol. The molecule has 0 atom stereocenters. The van der Waals surface area contributed by atoms with Crippen LogP contribution in [0.5, 0.6) is 0 Å². The van der Waals surface area contributed by atoms with Gasteiger partial charge in [0.1, 0.15) is 0 Å². The van der Waals surface area contributed by atoms with Gasteiger partial charge in [-0.05, 0) is 43.1 Å². The van der Waals surface area contributed by atoms with Gasteiger partial charge in [0.2, 0.25) is 0 Å². The Balaban J connectivity index is 2.30. The maximum absolute atomic E-state index is 12.4. The van der Waals surface area contributed by atoms with E-state index in [2.05, 4.69) is 15.9 Å². The number of carbonyl (C=O) groups is 1. The summed E-state index contributed by atoms with van der Waals surface area (Å²) >= 11 is 3.40. The second-order valence-electron chi connectivity index (χ2n) is 4.52. The number of benzene rings is 2. The first-order valence-corrected chi connectivity index (χ1v) is 7.01. The Morgan fingerprint density at radius 2 is 1.84 bits per heavy atom. The molecule has 0 radical (unpaired) electrons. The second-order valence-corrected chi connectivity index (χ2v) is 5.44. The van der Waals surface area contributed by atoms with E-state index < -0.39 is 0 Å². The van der Waals surface area contributed by atoms with E-state index in [-0.39, 0.29) is 5.78 Å². The van der Waals surface area contributed by atoms with E-state index >= 15 is 0 Å². The molecule has 2 N–H and O–H groups in total. The average Bonchev–Trinajstić information content (AvgIpc) is 2.42. The van der Waals surface area contributed by atoms with Crippen molar-refractivity contribution in [1.82, 2.24) is 0 Å². The number of hydrogen-bond donors (Lipinski definition) is 1. The summed E-state index contributed by atoms with van der Waals surface area (Å²) in [6.07, 6.45) is 0.838. The molecule has 2 aromatic carbocycles. The molecule has 98 valence electrons. The Hall–Kier alpha value is -1.45. The zero-order valence-electron chi connectivity index (χ0n) is 10.8. The summed E-state index contributed by atoms with van der Waals surface area (Å²) in [5.74, 6) is 0.0538. The molecule has 0 bridgehead atoms. The maximum atomic E-state index is 12.4. The summed E-state index contributed by atoms with van der Waals surface area (Å²) in [5, 5.41) is 0. The van der Waals surface area contributed by atoms with E-state index in [1.807, 2.05) is 49.4 Å². The smallest absolute Gasteiger partial charge is 0.193 e. The molecule has 0 saturated carbocycles. The zero-order chi connectivity index (χ0) is 13.8. The van der Waals surface area contributed by atoms with Crippen LogP contribution in [0.1, 0.15) is 27.0 Å². The average molecular weight is 318 g/mol. The minimum Gasteiger partial charge on any atom is -0.330 e. The standard InChI is InChI=1S/C16H16BrNO/c1-11-2-7-14(17)10-15(11)16(19)13-5-3-12(4-6-13)8-9-18/h2-7,10H,8-9,18H2,1H3. The summed E-state index contributed by atoms with van der Waals surface area (Å²) in [4.78, 5) is 12.4. The van der Waals surface area contributed by atoms with Crippen molar-refractivity contribution in [2.75, 3.05) is 6.54 Å². The van der Waals surface area contributed by atoms with Crippen LogP contribution in [0.15, 0.2) is 46.9 Å². The first-order valence-electron chi connectivity index (χ1n) is 6.21. The van der Waals surface area contributed by atoms with Crippen molar-refractivity contribution in [3.63, 3.8) is 0 Å². The molecule has 0 saturated heterocycles. The number of aryl methyl sites for hydroxylation is 1. The third-order valence-electron chi connectivity index (χ3n) is 3.09. The Bertz CT molecular complexity index is 590. The molecule has 0 unspecified atom stereocenters. The molecule has 3 heteroatoms. The van der Waals surface area contributed by atoms with Crippen molar-refractivity contribution in [3.8, 4) is 0 Å². The third-order valence-corrected chi connectivity index (χ3v) is 3.59. The lowest BCUT2D eigenvalue weighted by Crippen LogP contribution is -2.05. The normalized spacial score (nSPS) is 10.5. The Morgan fingerprint density at radius 3 is 2.47 bits per heavy atom. The Kier molecular flexibility index (Phi) is 4.51. The molecule has 0 amide bonds. The van der Waals surface area contributed by atoms with Crippen LogP contribution in [0, 0.1) is 6.92 Å². The lowest BCUT2D eigenvalue weighted by molar-refractivity contribution is 0.103. The van der Waals surface area contributed by atoms with Crippen molar-refractivity contribution in [2.24, 2.45) is 5.73 Å². The highest BCUT2D eigenvalue weighted by atomic mass is 79.9. The van der Waals surface area contributed by atoms with E-state index in [1.165, 1.54) is 0 Å². The van der Waals surface area contributed by atoms with Crippen LogP contribution < -0.4 is 5.73 Å². The van der Waals surface area contributed by atoms with Crippen molar-refractivity contribution >= 4 is 21.7 Å². The maximum Gasteiger partial charge on any atom is 0.193 e. The number of rotatable bonds is 4. The molecule has 0 aromatic heterocycles. The van der Waals surface area contributed by atoms with Crippen LogP contribution in [0.25, 0.3) is 0 Å². The quantitative estimate of drug-likeness (QED) is 0.877. The van der Waals surface area contributed by atoms with E-state index in [1.54, 1.807) is 0 Å². The summed E-state index contributed by atoms with van der Waals surface area (Å²) in [6, 6.07) is 13.4. The minimum absolute atomic E-state index is 0.0538. The summed E-state index contributed by atoms with van der Waals surface area (Å²) in [5.41, 5.74) is 9.10. The molecule has 2 rings (SSSR count). The van der Waals surface area contributed by atoms with Gasteiger partial charge in [-0.1, -0.05) is 46.3 Å². The second kappa shape index (κ2) is 6.13. The molecule has 2 aromatic rings. The zero-order valence-corrected chi connectivity index (χ0v) is 12.4. The van der Waals surface area contributed by atoms with Gasteiger partial charge in [0.25, 0.3) is 0 Å². The number of ketones is 1. The van der Waals surface area contributed by atoms with E-state index in [0.29, 0.717) is 12.1 Å². The van der Waals surface area contributed by atoms with Gasteiger partial charge in [0.05, 0.1) is 0 Å². The highest BCUT2D eigenvalue weighted by molar-refractivity contribution is 9.10. The first-order chi connectivity index (χ1) is 9.11. The van der Waals surface area contributed by atoms with Crippen LogP contribution in [0.3, 0.4) is 0 Å². The number of nitrogens with two attached hydrogens (primary N) is 1. The predicted molar refractivity (Wildman–Crippen MR) is 81.5 cm³/mol. The van der Waals surface area contributed by atoms with Crippen LogP contribution in [-0.2, 0) is 6.42 Å². The Morgan fingerprint density at radius 1 is 1.16 bits per heavy atom. The van der Waals surface area contributed by atoms with E-state index in [9.17, 15) is 4.79 Å². The fourth-order valence-corrected chi connectivity index (χ4v) is 2.34. The van der Waals surface area contributed by atoms with Crippen LogP contribution in [0.4, 0.5) is 0 Å². The fraction of sp³-hybridized carbons (Fsp3) is 0.188. The molecule has 19 heavy (non-hydrogen) atoms. The largest absolute Gasteiger partial charge is 0.330 e. The summed E-state index contributed by atoms with van der Waals surface area (Å²) < 4.78 is 0.918. The third kappa shape index (κ3) is 3.31. The van der Waals surface area contributed by atoms with Gasteiger partial charge < -0.3 is 5.73 Å². The van der Waals surface area contributed by atoms with Crippen LogP contribution in [-0.4, -0.2) is 12.3 Å². The lowest BCUT2D eigenvalue weighted by atomic mass is 9.98. The molecular formula is C16H16BrNO. The van der Waals surface area contributed by atoms with Crippen molar-refractivity contribution in [3.05, 3.63) is 69.2 Å². The fourth-order valence-electron chi connectivity index (χ4n) is 1.98. The first kappa shape index (κ1) is 14.0. The highest BCUT2D eigenvalue weighted by Gasteiger charge is 2.12. The topological polar surface area (TPSA) is 43.1 Å². The summed E-state index contributed by atoms with van der Waals surface area (Å²) in [7, 11) is 0. The summed E-state index contributed by atoms with van der Waals surface area (Å²) in [6.45, 7) is 2.57. The van der Waals surface area contributed by atoms with Crippen molar-refractivity contribution < 1.29 is 4.79 Å². The monoisotopic (exact) mass is 317 g/mol. The van der Waals surface area contributed by atoms with Gasteiger partial charge in [-0.25, -0.2) is 0 Å². The van der Waals surface area contributed by atoms with Gasteiger partial charge in [-0.2, -0.15) is 0 Å². The molecule has 0 spiro atoms.